The Hall–Kier alpha value is -0.880. The number of rotatable bonds is 5. The van der Waals surface area contributed by atoms with Gasteiger partial charge in [-0.2, -0.15) is 0 Å². The van der Waals surface area contributed by atoms with E-state index in [1.165, 1.54) is 11.3 Å². The molecule has 0 radical (unpaired) electrons. The lowest BCUT2D eigenvalue weighted by atomic mass is 10.3. The molecule has 1 N–H and O–H groups in total. The van der Waals surface area contributed by atoms with Crippen LogP contribution in [0.3, 0.4) is 0 Å². The van der Waals surface area contributed by atoms with Crippen molar-refractivity contribution in [3.8, 4) is 0 Å². The molecule has 1 heterocycles. The summed E-state index contributed by atoms with van der Waals surface area (Å²) in [4.78, 5) is 1.35. The lowest BCUT2D eigenvalue weighted by Gasteiger charge is -2.05. The van der Waals surface area contributed by atoms with Gasteiger partial charge in [-0.1, -0.05) is 29.8 Å². The van der Waals surface area contributed by atoms with Crippen LogP contribution < -0.4 is 4.72 Å². The van der Waals surface area contributed by atoms with E-state index in [1.54, 1.807) is 30.3 Å². The van der Waals surface area contributed by atoms with Crippen molar-refractivity contribution in [3.63, 3.8) is 0 Å². The van der Waals surface area contributed by atoms with Crippen molar-refractivity contribution >= 4 is 33.0 Å². The quantitative estimate of drug-likeness (QED) is 0.923. The molecule has 2 aromatic rings. The summed E-state index contributed by atoms with van der Waals surface area (Å²) in [7, 11) is -3.40. The highest BCUT2D eigenvalue weighted by Crippen LogP contribution is 2.21. The summed E-state index contributed by atoms with van der Waals surface area (Å²) in [6.07, 6.45) is 0.642. The second kappa shape index (κ2) is 5.84. The third-order valence-electron chi connectivity index (χ3n) is 2.35. The lowest BCUT2D eigenvalue weighted by molar-refractivity contribution is 0.582. The van der Waals surface area contributed by atoms with E-state index in [9.17, 15) is 8.42 Å². The third-order valence-corrected chi connectivity index (χ3v) is 5.11. The van der Waals surface area contributed by atoms with Gasteiger partial charge in [0.05, 0.1) is 9.23 Å². The fraction of sp³-hybridized carbons (Fsp3) is 0.167. The molecule has 0 saturated heterocycles. The molecule has 0 aliphatic heterocycles. The second-order valence-electron chi connectivity index (χ2n) is 3.67. The first-order valence-electron chi connectivity index (χ1n) is 5.37. The van der Waals surface area contributed by atoms with Crippen molar-refractivity contribution in [2.24, 2.45) is 0 Å². The molecule has 18 heavy (non-hydrogen) atoms. The zero-order valence-electron chi connectivity index (χ0n) is 9.47. The number of thiophene rings is 1. The summed E-state index contributed by atoms with van der Waals surface area (Å²) < 4.78 is 27.1. The average Bonchev–Trinajstić information content (AvgIpc) is 2.76. The highest BCUT2D eigenvalue weighted by Gasteiger charge is 2.12. The molecular formula is C12H12ClNO2S2. The smallest absolute Gasteiger partial charge is 0.211 e. The lowest BCUT2D eigenvalue weighted by Crippen LogP contribution is -2.25. The topological polar surface area (TPSA) is 46.2 Å². The van der Waals surface area contributed by atoms with Crippen LogP contribution in [0.2, 0.25) is 4.34 Å². The average molecular weight is 302 g/mol. The van der Waals surface area contributed by atoms with Gasteiger partial charge in [0.25, 0.3) is 0 Å². The Morgan fingerprint density at radius 1 is 1.11 bits per heavy atom. The first kappa shape index (κ1) is 13.5. The number of halogens is 1. The van der Waals surface area contributed by atoms with Gasteiger partial charge in [0.2, 0.25) is 10.0 Å². The molecule has 0 fully saturated rings. The minimum absolute atomic E-state index is 0.286. The fourth-order valence-corrected chi connectivity index (χ4v) is 3.62. The van der Waals surface area contributed by atoms with Gasteiger partial charge in [0.1, 0.15) is 0 Å². The number of sulfonamides is 1. The number of hydrogen-bond acceptors (Lipinski definition) is 3. The van der Waals surface area contributed by atoms with Crippen LogP contribution in [0.5, 0.6) is 0 Å². The van der Waals surface area contributed by atoms with Gasteiger partial charge >= 0.3 is 0 Å². The first-order valence-corrected chi connectivity index (χ1v) is 8.04. The van der Waals surface area contributed by atoms with E-state index in [1.807, 2.05) is 12.1 Å². The zero-order valence-corrected chi connectivity index (χ0v) is 11.9. The van der Waals surface area contributed by atoms with Crippen LogP contribution in [0.25, 0.3) is 0 Å². The Morgan fingerprint density at radius 2 is 1.83 bits per heavy atom. The molecule has 0 saturated carbocycles. The molecule has 0 aliphatic carbocycles. The summed E-state index contributed by atoms with van der Waals surface area (Å²) in [5.41, 5.74) is 0. The predicted molar refractivity (Wildman–Crippen MR) is 74.7 cm³/mol. The molecule has 1 aromatic heterocycles. The number of nitrogens with one attached hydrogen (secondary N) is 1. The zero-order chi connectivity index (χ0) is 13.0. The van der Waals surface area contributed by atoms with Crippen LogP contribution in [0.15, 0.2) is 47.4 Å². The Balaban J connectivity index is 1.94. The monoisotopic (exact) mass is 301 g/mol. The Morgan fingerprint density at radius 3 is 2.44 bits per heavy atom. The van der Waals surface area contributed by atoms with Crippen LogP contribution in [0.4, 0.5) is 0 Å². The van der Waals surface area contributed by atoms with Crippen LogP contribution in [0, 0.1) is 0 Å². The van der Waals surface area contributed by atoms with Crippen molar-refractivity contribution < 1.29 is 8.42 Å². The normalized spacial score (nSPS) is 11.6. The number of hydrogen-bond donors (Lipinski definition) is 1. The molecule has 2 rings (SSSR count). The van der Waals surface area contributed by atoms with Crippen molar-refractivity contribution in [3.05, 3.63) is 51.7 Å². The Bertz CT molecular complexity index is 608. The van der Waals surface area contributed by atoms with Gasteiger partial charge in [0.15, 0.2) is 0 Å². The summed E-state index contributed by atoms with van der Waals surface area (Å²) >= 11 is 7.27. The maximum absolute atomic E-state index is 11.9. The molecule has 0 atom stereocenters. The van der Waals surface area contributed by atoms with Crippen LogP contribution in [-0.2, 0) is 16.4 Å². The first-order chi connectivity index (χ1) is 8.58. The van der Waals surface area contributed by atoms with E-state index >= 15 is 0 Å². The second-order valence-corrected chi connectivity index (χ2v) is 7.23. The van der Waals surface area contributed by atoms with Gasteiger partial charge in [-0.25, -0.2) is 13.1 Å². The minimum Gasteiger partial charge on any atom is -0.211 e. The summed E-state index contributed by atoms with van der Waals surface area (Å²) in [5, 5.41) is 0. The van der Waals surface area contributed by atoms with E-state index in [4.69, 9.17) is 11.6 Å². The highest BCUT2D eigenvalue weighted by molar-refractivity contribution is 7.89. The van der Waals surface area contributed by atoms with E-state index in [0.717, 1.165) is 9.21 Å². The largest absolute Gasteiger partial charge is 0.240 e. The van der Waals surface area contributed by atoms with Gasteiger partial charge in [0, 0.05) is 11.4 Å². The molecule has 0 unspecified atom stereocenters. The standard InChI is InChI=1S/C12H12ClNO2S2/c13-12-7-6-10(17-12)8-9-14-18(15,16)11-4-2-1-3-5-11/h1-7,14H,8-9H2. The van der Waals surface area contributed by atoms with Crippen LogP contribution >= 0.6 is 22.9 Å². The van der Waals surface area contributed by atoms with Gasteiger partial charge in [-0.3, -0.25) is 0 Å². The fourth-order valence-electron chi connectivity index (χ4n) is 1.48. The molecule has 0 amide bonds. The van der Waals surface area contributed by atoms with Crippen LogP contribution in [-0.4, -0.2) is 15.0 Å². The maximum Gasteiger partial charge on any atom is 0.240 e. The van der Waals surface area contributed by atoms with Crippen LogP contribution in [0.1, 0.15) is 4.88 Å². The summed E-state index contributed by atoms with van der Waals surface area (Å²) in [6, 6.07) is 12.1. The van der Waals surface area contributed by atoms with Crippen molar-refractivity contribution in [2.75, 3.05) is 6.54 Å². The maximum atomic E-state index is 11.9. The van der Waals surface area contributed by atoms with Gasteiger partial charge in [-0.05, 0) is 30.7 Å². The third kappa shape index (κ3) is 3.55. The van der Waals surface area contributed by atoms with E-state index in [-0.39, 0.29) is 4.90 Å². The predicted octanol–water partition coefficient (Wildman–Crippen LogP) is 2.92. The van der Waals surface area contributed by atoms with Gasteiger partial charge < -0.3 is 0 Å². The molecule has 0 spiro atoms. The SMILES string of the molecule is O=S(=O)(NCCc1ccc(Cl)s1)c1ccccc1. The van der Waals surface area contributed by atoms with E-state index < -0.39 is 10.0 Å². The summed E-state index contributed by atoms with van der Waals surface area (Å²) in [5.74, 6) is 0. The van der Waals surface area contributed by atoms with E-state index in [0.29, 0.717) is 13.0 Å². The highest BCUT2D eigenvalue weighted by atomic mass is 35.5. The van der Waals surface area contributed by atoms with Gasteiger partial charge in [-0.15, -0.1) is 11.3 Å². The Labute approximate surface area is 115 Å². The minimum atomic E-state index is -3.40. The molecule has 3 nitrogen and oxygen atoms in total. The molecule has 1 aromatic carbocycles. The molecule has 0 bridgehead atoms. The Kier molecular flexibility index (Phi) is 4.40. The molecule has 0 aliphatic rings. The molecule has 6 heteroatoms. The van der Waals surface area contributed by atoms with E-state index in [2.05, 4.69) is 4.72 Å². The van der Waals surface area contributed by atoms with Crippen molar-refractivity contribution in [1.29, 1.82) is 0 Å². The molecular weight excluding hydrogens is 290 g/mol. The van der Waals surface area contributed by atoms with Crippen molar-refractivity contribution in [2.45, 2.75) is 11.3 Å². The number of benzene rings is 1. The molecule has 96 valence electrons. The van der Waals surface area contributed by atoms with Crippen molar-refractivity contribution in [1.82, 2.24) is 4.72 Å². The summed E-state index contributed by atoms with van der Waals surface area (Å²) in [6.45, 7) is 0.369.